The quantitative estimate of drug-likeness (QED) is 0.555. The van der Waals surface area contributed by atoms with E-state index >= 15 is 0 Å². The van der Waals surface area contributed by atoms with Crippen molar-refractivity contribution in [2.75, 3.05) is 0 Å². The standard InChI is InChI=1S/C22H21ClN6O2/c1-3-4-9-17(30)27-16-12-22(2,10-11-24-16)21-28-18(20-25-13-26-29-20)19(31-21)14-7-5-6-8-15(14)23/h3,5-8,10-11,13H,1,4,9,12H2,2H3,(H,24,27,30)(H,25,26,29). The molecule has 1 amide bonds. The monoisotopic (exact) mass is 436 g/mol. The Morgan fingerprint density at radius 3 is 3.00 bits per heavy atom. The number of carbonyl (C=O) groups is 1. The maximum atomic E-state index is 12.1. The van der Waals surface area contributed by atoms with E-state index in [1.54, 1.807) is 18.3 Å². The van der Waals surface area contributed by atoms with Gasteiger partial charge in [0.15, 0.2) is 17.3 Å². The molecule has 9 heteroatoms. The summed E-state index contributed by atoms with van der Waals surface area (Å²) in [4.78, 5) is 25.4. The SMILES string of the molecule is C=CCCC(=O)NC1=NC=CC(C)(c2nc(-c3ncn[nH]3)c(-c3ccccc3Cl)o2)C1. The van der Waals surface area contributed by atoms with Crippen molar-refractivity contribution in [3.8, 4) is 22.8 Å². The van der Waals surface area contributed by atoms with Gasteiger partial charge in [0, 0.05) is 24.6 Å². The van der Waals surface area contributed by atoms with Crippen LogP contribution in [0.3, 0.4) is 0 Å². The van der Waals surface area contributed by atoms with Crippen LogP contribution in [0.25, 0.3) is 22.8 Å². The maximum Gasteiger partial charge on any atom is 0.225 e. The van der Waals surface area contributed by atoms with Crippen LogP contribution in [0.2, 0.25) is 5.02 Å². The number of hydrogen-bond donors (Lipinski definition) is 2. The van der Waals surface area contributed by atoms with Gasteiger partial charge in [-0.3, -0.25) is 9.89 Å². The minimum absolute atomic E-state index is 0.109. The molecule has 3 aromatic rings. The molecule has 1 aromatic carbocycles. The van der Waals surface area contributed by atoms with Gasteiger partial charge in [0.25, 0.3) is 0 Å². The molecule has 1 aliphatic heterocycles. The maximum absolute atomic E-state index is 12.1. The number of nitrogens with zero attached hydrogens (tertiary/aromatic N) is 4. The van der Waals surface area contributed by atoms with Crippen LogP contribution in [0.4, 0.5) is 0 Å². The summed E-state index contributed by atoms with van der Waals surface area (Å²) in [6.07, 6.45) is 8.05. The van der Waals surface area contributed by atoms with Crippen LogP contribution in [0.15, 0.2) is 64.9 Å². The molecule has 158 valence electrons. The number of carbonyl (C=O) groups excluding carboxylic acids is 1. The zero-order chi connectivity index (χ0) is 21.8. The number of benzene rings is 1. The molecule has 31 heavy (non-hydrogen) atoms. The number of H-pyrrole nitrogens is 1. The summed E-state index contributed by atoms with van der Waals surface area (Å²) in [5.74, 6) is 1.87. The molecule has 1 atom stereocenters. The Morgan fingerprint density at radius 2 is 2.26 bits per heavy atom. The lowest BCUT2D eigenvalue weighted by Gasteiger charge is -2.25. The first-order valence-corrected chi connectivity index (χ1v) is 10.1. The van der Waals surface area contributed by atoms with E-state index < -0.39 is 5.41 Å². The van der Waals surface area contributed by atoms with Crippen LogP contribution >= 0.6 is 11.6 Å². The van der Waals surface area contributed by atoms with Gasteiger partial charge in [-0.15, -0.1) is 6.58 Å². The summed E-state index contributed by atoms with van der Waals surface area (Å²) in [7, 11) is 0. The highest BCUT2D eigenvalue weighted by Gasteiger charge is 2.35. The summed E-state index contributed by atoms with van der Waals surface area (Å²) in [5, 5.41) is 10.2. The van der Waals surface area contributed by atoms with Crippen molar-refractivity contribution in [1.82, 2.24) is 25.5 Å². The molecule has 3 heterocycles. The summed E-state index contributed by atoms with van der Waals surface area (Å²) in [5.41, 5.74) is 0.579. The molecule has 0 bridgehead atoms. The lowest BCUT2D eigenvalue weighted by atomic mass is 9.84. The van der Waals surface area contributed by atoms with Crippen molar-refractivity contribution in [1.29, 1.82) is 0 Å². The van der Waals surface area contributed by atoms with E-state index in [1.807, 2.05) is 31.2 Å². The molecular weight excluding hydrogens is 416 g/mol. The van der Waals surface area contributed by atoms with E-state index in [1.165, 1.54) is 6.33 Å². The van der Waals surface area contributed by atoms with Gasteiger partial charge in [-0.1, -0.05) is 35.9 Å². The molecule has 1 unspecified atom stereocenters. The number of amides is 1. The number of hydrogen-bond acceptors (Lipinski definition) is 6. The van der Waals surface area contributed by atoms with Crippen LogP contribution in [0, 0.1) is 0 Å². The van der Waals surface area contributed by atoms with E-state index in [9.17, 15) is 4.79 Å². The fourth-order valence-corrected chi connectivity index (χ4v) is 3.52. The van der Waals surface area contributed by atoms with Gasteiger partial charge >= 0.3 is 0 Å². The Hall–Kier alpha value is -3.52. The summed E-state index contributed by atoms with van der Waals surface area (Å²) < 4.78 is 6.25. The van der Waals surface area contributed by atoms with E-state index in [2.05, 4.69) is 32.1 Å². The van der Waals surface area contributed by atoms with Crippen LogP contribution in [-0.2, 0) is 10.2 Å². The minimum Gasteiger partial charge on any atom is -0.439 e. The number of amidine groups is 1. The average Bonchev–Trinajstić information content (AvgIpc) is 3.43. The number of allylic oxidation sites excluding steroid dienone is 2. The van der Waals surface area contributed by atoms with Crippen LogP contribution < -0.4 is 5.32 Å². The molecule has 0 radical (unpaired) electrons. The highest BCUT2D eigenvalue weighted by Crippen LogP contribution is 2.40. The molecule has 0 aliphatic carbocycles. The van der Waals surface area contributed by atoms with Crippen LogP contribution in [-0.4, -0.2) is 31.9 Å². The molecule has 8 nitrogen and oxygen atoms in total. The van der Waals surface area contributed by atoms with E-state index in [0.717, 1.165) is 0 Å². The van der Waals surface area contributed by atoms with E-state index in [-0.39, 0.29) is 5.91 Å². The van der Waals surface area contributed by atoms with Crippen LogP contribution in [0.1, 0.15) is 32.1 Å². The topological polar surface area (TPSA) is 109 Å². The van der Waals surface area contributed by atoms with E-state index in [0.29, 0.717) is 58.9 Å². The number of halogens is 1. The van der Waals surface area contributed by atoms with Gasteiger partial charge in [-0.05, 0) is 25.5 Å². The third-order valence-corrected chi connectivity index (χ3v) is 5.27. The summed E-state index contributed by atoms with van der Waals surface area (Å²) in [6, 6.07) is 7.37. The number of aliphatic imine (C=N–C) groups is 1. The average molecular weight is 437 g/mol. The fraction of sp³-hybridized carbons (Fsp3) is 0.227. The first-order valence-electron chi connectivity index (χ1n) is 9.77. The molecule has 1 aliphatic rings. The Morgan fingerprint density at radius 1 is 1.42 bits per heavy atom. The molecule has 0 saturated carbocycles. The highest BCUT2D eigenvalue weighted by molar-refractivity contribution is 6.33. The largest absolute Gasteiger partial charge is 0.439 e. The number of aromatic amines is 1. The first-order chi connectivity index (χ1) is 15.0. The number of rotatable bonds is 6. The third kappa shape index (κ3) is 4.34. The number of nitrogens with one attached hydrogen (secondary N) is 2. The van der Waals surface area contributed by atoms with E-state index in [4.69, 9.17) is 21.0 Å². The van der Waals surface area contributed by atoms with Gasteiger partial charge in [-0.2, -0.15) is 5.10 Å². The van der Waals surface area contributed by atoms with Gasteiger partial charge < -0.3 is 9.73 Å². The molecule has 2 N–H and O–H groups in total. The second-order valence-electron chi connectivity index (χ2n) is 7.37. The molecule has 0 spiro atoms. The summed E-state index contributed by atoms with van der Waals surface area (Å²) >= 11 is 6.42. The predicted octanol–water partition coefficient (Wildman–Crippen LogP) is 4.44. The molecular formula is C22H21ClN6O2. The second kappa shape index (κ2) is 8.69. The molecule has 0 fully saturated rings. The Bertz CT molecular complexity index is 1160. The second-order valence-corrected chi connectivity index (χ2v) is 7.78. The lowest BCUT2D eigenvalue weighted by molar-refractivity contribution is -0.119. The smallest absolute Gasteiger partial charge is 0.225 e. The Balaban J connectivity index is 1.68. The fourth-order valence-electron chi connectivity index (χ4n) is 3.30. The van der Waals surface area contributed by atoms with Gasteiger partial charge in [0.2, 0.25) is 11.8 Å². The van der Waals surface area contributed by atoms with Crippen molar-refractivity contribution >= 4 is 23.3 Å². The van der Waals surface area contributed by atoms with Crippen molar-refractivity contribution in [2.24, 2.45) is 4.99 Å². The lowest BCUT2D eigenvalue weighted by Crippen LogP contribution is -2.37. The van der Waals surface area contributed by atoms with Crippen molar-refractivity contribution < 1.29 is 9.21 Å². The predicted molar refractivity (Wildman–Crippen MR) is 118 cm³/mol. The molecule has 4 rings (SSSR count). The van der Waals surface area contributed by atoms with Gasteiger partial charge in [0.05, 0.1) is 10.4 Å². The third-order valence-electron chi connectivity index (χ3n) is 4.94. The zero-order valence-electron chi connectivity index (χ0n) is 16.9. The minimum atomic E-state index is -0.628. The Labute approximate surface area is 184 Å². The normalized spacial score (nSPS) is 17.9. The first kappa shape index (κ1) is 20.7. The zero-order valence-corrected chi connectivity index (χ0v) is 17.7. The van der Waals surface area contributed by atoms with Crippen molar-refractivity contribution in [3.05, 3.63) is 66.4 Å². The molecule has 2 aromatic heterocycles. The van der Waals surface area contributed by atoms with Crippen LogP contribution in [0.5, 0.6) is 0 Å². The molecule has 0 saturated heterocycles. The van der Waals surface area contributed by atoms with Gasteiger partial charge in [0.1, 0.15) is 12.2 Å². The van der Waals surface area contributed by atoms with Crippen molar-refractivity contribution in [2.45, 2.75) is 31.6 Å². The van der Waals surface area contributed by atoms with Gasteiger partial charge in [-0.25, -0.2) is 15.0 Å². The highest BCUT2D eigenvalue weighted by atomic mass is 35.5. The number of oxazole rings is 1. The van der Waals surface area contributed by atoms with Crippen molar-refractivity contribution in [3.63, 3.8) is 0 Å². The Kier molecular flexibility index (Phi) is 5.81. The summed E-state index contributed by atoms with van der Waals surface area (Å²) in [6.45, 7) is 5.61. The number of aromatic nitrogens is 4.